The van der Waals surface area contributed by atoms with Crippen LogP contribution in [-0.2, 0) is 6.42 Å². The van der Waals surface area contributed by atoms with E-state index in [9.17, 15) is 5.11 Å². The average molecular weight is 381 g/mol. The summed E-state index contributed by atoms with van der Waals surface area (Å²) in [7, 11) is 0. The van der Waals surface area contributed by atoms with Crippen LogP contribution in [0.5, 0.6) is 11.5 Å². The third-order valence-electron chi connectivity index (χ3n) is 2.98. The number of ether oxygens (including phenoxy) is 1. The van der Waals surface area contributed by atoms with Crippen molar-refractivity contribution in [1.29, 1.82) is 0 Å². The van der Waals surface area contributed by atoms with E-state index in [0.717, 1.165) is 0 Å². The van der Waals surface area contributed by atoms with Crippen molar-refractivity contribution in [1.82, 2.24) is 0 Å². The lowest BCUT2D eigenvalue weighted by Crippen LogP contribution is -2.09. The van der Waals surface area contributed by atoms with Crippen LogP contribution in [0.3, 0.4) is 0 Å². The number of phenolic OH excluding ortho intramolecular Hbond substituents is 1. The lowest BCUT2D eigenvalue weighted by atomic mass is 10.1. The van der Waals surface area contributed by atoms with Gasteiger partial charge in [-0.3, -0.25) is 0 Å². The molecular weight excluding hydrogens is 368 g/mol. The molecule has 118 valence electrons. The van der Waals surface area contributed by atoms with E-state index in [1.54, 1.807) is 24.3 Å². The van der Waals surface area contributed by atoms with Crippen LogP contribution in [0.2, 0.25) is 20.1 Å². The van der Waals surface area contributed by atoms with Crippen LogP contribution in [0, 0.1) is 0 Å². The molecule has 0 heterocycles. The van der Waals surface area contributed by atoms with E-state index in [-0.39, 0.29) is 17.5 Å². The molecule has 0 spiro atoms. The number of hydrogen-bond acceptors (Lipinski definition) is 3. The first-order valence-corrected chi connectivity index (χ1v) is 7.96. The molecule has 0 bridgehead atoms. The Morgan fingerprint density at radius 3 is 2.27 bits per heavy atom. The second-order valence-corrected chi connectivity index (χ2v) is 6.13. The number of nitrogens with one attached hydrogen (secondary N) is 1. The topological polar surface area (TPSA) is 41.5 Å². The Morgan fingerprint density at radius 2 is 1.68 bits per heavy atom. The van der Waals surface area contributed by atoms with Crippen LogP contribution in [0.1, 0.15) is 12.5 Å². The van der Waals surface area contributed by atoms with Crippen LogP contribution >= 0.6 is 46.4 Å². The molecule has 0 aliphatic rings. The maximum absolute atomic E-state index is 10.1. The molecular formula is C15H13Cl4NO2. The summed E-state index contributed by atoms with van der Waals surface area (Å²) in [5, 5.41) is 14.6. The molecule has 0 aromatic heterocycles. The van der Waals surface area contributed by atoms with Gasteiger partial charge in [-0.15, -0.1) is 0 Å². The fourth-order valence-electron chi connectivity index (χ4n) is 1.92. The molecule has 0 aliphatic heterocycles. The molecule has 2 rings (SSSR count). The van der Waals surface area contributed by atoms with Gasteiger partial charge in [0.05, 0.1) is 10.7 Å². The molecule has 0 radical (unpaired) electrons. The number of benzene rings is 2. The summed E-state index contributed by atoms with van der Waals surface area (Å²) in [6.45, 7) is 1.99. The Bertz CT molecular complexity index is 671. The summed E-state index contributed by atoms with van der Waals surface area (Å²) >= 11 is 24.0. The molecule has 0 atom stereocenters. The largest absolute Gasteiger partial charge is 0.504 e. The monoisotopic (exact) mass is 379 g/mol. The van der Waals surface area contributed by atoms with E-state index >= 15 is 0 Å². The molecule has 7 heteroatoms. The highest BCUT2D eigenvalue weighted by atomic mass is 35.5. The third kappa shape index (κ3) is 4.05. The van der Waals surface area contributed by atoms with Gasteiger partial charge in [0.25, 0.3) is 0 Å². The summed E-state index contributed by atoms with van der Waals surface area (Å²) in [6, 6.07) is 6.48. The number of anilines is 1. The quantitative estimate of drug-likeness (QED) is 0.492. The molecule has 2 aromatic carbocycles. The summed E-state index contributed by atoms with van der Waals surface area (Å²) in [6.07, 6.45) is 0.628. The number of rotatable bonds is 5. The summed E-state index contributed by atoms with van der Waals surface area (Å²) in [5.74, 6) is 0.447. The second kappa shape index (κ2) is 7.51. The van der Waals surface area contributed by atoms with Gasteiger partial charge in [0.15, 0.2) is 12.5 Å². The van der Waals surface area contributed by atoms with E-state index in [4.69, 9.17) is 51.1 Å². The van der Waals surface area contributed by atoms with Gasteiger partial charge in [-0.25, -0.2) is 0 Å². The van der Waals surface area contributed by atoms with Crippen molar-refractivity contribution in [3.05, 3.63) is 49.9 Å². The standard InChI is InChI=1S/C15H13Cl4NO2/c1-2-11-12(18)6-13(15(21)14(11)19)20-7-22-10-4-8(16)3-9(17)5-10/h3-6,20-21H,2,7H2,1H3. The van der Waals surface area contributed by atoms with Gasteiger partial charge in [-0.2, -0.15) is 0 Å². The van der Waals surface area contributed by atoms with Crippen LogP contribution in [0.4, 0.5) is 5.69 Å². The smallest absolute Gasteiger partial charge is 0.159 e. The second-order valence-electron chi connectivity index (χ2n) is 4.47. The van der Waals surface area contributed by atoms with Gasteiger partial charge in [0.1, 0.15) is 5.75 Å². The van der Waals surface area contributed by atoms with Gasteiger partial charge in [0.2, 0.25) is 0 Å². The molecule has 0 saturated carbocycles. The van der Waals surface area contributed by atoms with E-state index in [1.807, 2.05) is 6.92 Å². The Kier molecular flexibility index (Phi) is 5.93. The zero-order valence-electron chi connectivity index (χ0n) is 11.6. The van der Waals surface area contributed by atoms with Crippen LogP contribution in [0.15, 0.2) is 24.3 Å². The Balaban J connectivity index is 2.09. The first kappa shape index (κ1) is 17.4. The summed E-state index contributed by atoms with van der Waals surface area (Å²) in [4.78, 5) is 0. The first-order valence-electron chi connectivity index (χ1n) is 6.45. The number of phenols is 1. The van der Waals surface area contributed by atoms with E-state index in [2.05, 4.69) is 5.32 Å². The van der Waals surface area contributed by atoms with Crippen molar-refractivity contribution in [2.45, 2.75) is 13.3 Å². The highest BCUT2D eigenvalue weighted by Crippen LogP contribution is 2.39. The highest BCUT2D eigenvalue weighted by molar-refractivity contribution is 6.37. The highest BCUT2D eigenvalue weighted by Gasteiger charge is 2.14. The van der Waals surface area contributed by atoms with Crippen molar-refractivity contribution < 1.29 is 9.84 Å². The third-order valence-corrected chi connectivity index (χ3v) is 4.16. The van der Waals surface area contributed by atoms with Crippen LogP contribution in [0.25, 0.3) is 0 Å². The van der Waals surface area contributed by atoms with Crippen LogP contribution in [-0.4, -0.2) is 11.8 Å². The molecule has 0 saturated heterocycles. The Labute approximate surface area is 148 Å². The van der Waals surface area contributed by atoms with Crippen molar-refractivity contribution >= 4 is 52.1 Å². The lowest BCUT2D eigenvalue weighted by Gasteiger charge is -2.14. The van der Waals surface area contributed by atoms with Crippen molar-refractivity contribution in [3.8, 4) is 11.5 Å². The van der Waals surface area contributed by atoms with Gasteiger partial charge in [-0.05, 0) is 36.2 Å². The van der Waals surface area contributed by atoms with Gasteiger partial charge < -0.3 is 15.2 Å². The maximum atomic E-state index is 10.1. The first-order chi connectivity index (χ1) is 10.4. The van der Waals surface area contributed by atoms with Crippen molar-refractivity contribution in [2.75, 3.05) is 12.0 Å². The molecule has 2 aromatic rings. The van der Waals surface area contributed by atoms with Crippen molar-refractivity contribution in [2.24, 2.45) is 0 Å². The molecule has 0 amide bonds. The average Bonchev–Trinajstić information content (AvgIpc) is 2.43. The predicted octanol–water partition coefficient (Wildman–Crippen LogP) is 6.02. The predicted molar refractivity (Wildman–Crippen MR) is 93.1 cm³/mol. The number of halogens is 4. The normalized spacial score (nSPS) is 10.6. The Morgan fingerprint density at radius 1 is 1.05 bits per heavy atom. The van der Waals surface area contributed by atoms with Gasteiger partial charge in [-0.1, -0.05) is 53.3 Å². The van der Waals surface area contributed by atoms with E-state index in [1.165, 1.54) is 0 Å². The minimum Gasteiger partial charge on any atom is -0.504 e. The maximum Gasteiger partial charge on any atom is 0.159 e. The van der Waals surface area contributed by atoms with E-state index < -0.39 is 0 Å². The zero-order valence-corrected chi connectivity index (χ0v) is 14.6. The van der Waals surface area contributed by atoms with Gasteiger partial charge in [0, 0.05) is 15.1 Å². The van der Waals surface area contributed by atoms with Crippen LogP contribution < -0.4 is 10.1 Å². The van der Waals surface area contributed by atoms with Crippen molar-refractivity contribution in [3.63, 3.8) is 0 Å². The molecule has 0 fully saturated rings. The fourth-order valence-corrected chi connectivity index (χ4v) is 3.14. The fraction of sp³-hybridized carbons (Fsp3) is 0.200. The lowest BCUT2D eigenvalue weighted by molar-refractivity contribution is 0.346. The van der Waals surface area contributed by atoms with E-state index in [0.29, 0.717) is 38.5 Å². The molecule has 22 heavy (non-hydrogen) atoms. The SMILES string of the molecule is CCc1c(Cl)cc(NCOc2cc(Cl)cc(Cl)c2)c(O)c1Cl. The van der Waals surface area contributed by atoms with Gasteiger partial charge >= 0.3 is 0 Å². The molecule has 2 N–H and O–H groups in total. The minimum absolute atomic E-state index is 0.0596. The Hall–Kier alpha value is -1.00. The number of hydrogen-bond donors (Lipinski definition) is 2. The summed E-state index contributed by atoms with van der Waals surface area (Å²) < 4.78 is 5.49. The molecule has 3 nitrogen and oxygen atoms in total. The zero-order chi connectivity index (χ0) is 16.3. The minimum atomic E-state index is -0.0596. The molecule has 0 unspecified atom stereocenters. The summed E-state index contributed by atoms with van der Waals surface area (Å²) in [5.41, 5.74) is 1.09. The molecule has 0 aliphatic carbocycles. The number of aromatic hydroxyl groups is 1.